The van der Waals surface area contributed by atoms with Crippen molar-refractivity contribution in [1.29, 1.82) is 0 Å². The fourth-order valence-electron chi connectivity index (χ4n) is 2.49. The maximum absolute atomic E-state index is 11.8. The molecule has 3 heteroatoms. The molecule has 0 radical (unpaired) electrons. The molecule has 0 saturated carbocycles. The van der Waals surface area contributed by atoms with Gasteiger partial charge in [-0.2, -0.15) is 0 Å². The number of ether oxygens (including phenoxy) is 1. The first-order valence-corrected chi connectivity index (χ1v) is 8.70. The maximum Gasteiger partial charge on any atom is 0.224 e. The van der Waals surface area contributed by atoms with Crippen LogP contribution in [-0.2, 0) is 4.79 Å². The zero-order chi connectivity index (χ0) is 16.0. The average Bonchev–Trinajstić information content (AvgIpc) is 2.54. The van der Waals surface area contributed by atoms with Crippen molar-refractivity contribution in [2.24, 2.45) is 0 Å². The number of methoxy groups -OCH3 is 1. The van der Waals surface area contributed by atoms with Crippen molar-refractivity contribution in [2.75, 3.05) is 12.4 Å². The maximum atomic E-state index is 11.8. The fourth-order valence-corrected chi connectivity index (χ4v) is 2.49. The monoisotopic (exact) mass is 305 g/mol. The third kappa shape index (κ3) is 8.71. The Bertz CT molecular complexity index is 400. The molecular formula is C19H31NO2. The lowest BCUT2D eigenvalue weighted by Crippen LogP contribution is -2.10. The van der Waals surface area contributed by atoms with Crippen LogP contribution < -0.4 is 10.1 Å². The Kier molecular flexibility index (Phi) is 10.2. The number of anilines is 1. The summed E-state index contributed by atoms with van der Waals surface area (Å²) in [6.45, 7) is 2.25. The standard InChI is InChI=1S/C19H31NO2/c1-3-4-5-6-7-8-9-10-11-12-19(21)20-17-13-15-18(22-2)16-14-17/h13-16H,3-12H2,1-2H3,(H,20,21). The molecule has 0 saturated heterocycles. The number of rotatable bonds is 12. The molecule has 3 nitrogen and oxygen atoms in total. The van der Waals surface area contributed by atoms with E-state index in [1.807, 2.05) is 24.3 Å². The molecule has 22 heavy (non-hydrogen) atoms. The molecule has 124 valence electrons. The van der Waals surface area contributed by atoms with Gasteiger partial charge in [0.05, 0.1) is 7.11 Å². The van der Waals surface area contributed by atoms with Gasteiger partial charge in [-0.3, -0.25) is 4.79 Å². The minimum absolute atomic E-state index is 0.105. The molecule has 1 rings (SSSR count). The normalized spacial score (nSPS) is 10.5. The Hall–Kier alpha value is -1.51. The average molecular weight is 305 g/mol. The van der Waals surface area contributed by atoms with Gasteiger partial charge in [-0.25, -0.2) is 0 Å². The molecule has 0 spiro atoms. The van der Waals surface area contributed by atoms with Gasteiger partial charge in [-0.1, -0.05) is 58.3 Å². The molecule has 0 aliphatic heterocycles. The van der Waals surface area contributed by atoms with E-state index in [-0.39, 0.29) is 5.91 Å². The van der Waals surface area contributed by atoms with Crippen molar-refractivity contribution in [3.8, 4) is 5.75 Å². The highest BCUT2D eigenvalue weighted by Gasteiger charge is 2.02. The van der Waals surface area contributed by atoms with E-state index in [0.29, 0.717) is 6.42 Å². The summed E-state index contributed by atoms with van der Waals surface area (Å²) in [5.41, 5.74) is 0.835. The Labute approximate surface area is 135 Å². The number of unbranched alkanes of at least 4 members (excludes halogenated alkanes) is 8. The first-order chi connectivity index (χ1) is 10.8. The number of carbonyl (C=O) groups is 1. The van der Waals surface area contributed by atoms with E-state index in [9.17, 15) is 4.79 Å². The summed E-state index contributed by atoms with van der Waals surface area (Å²) in [4.78, 5) is 11.8. The zero-order valence-corrected chi connectivity index (χ0v) is 14.2. The quantitative estimate of drug-likeness (QED) is 0.514. The molecule has 1 N–H and O–H groups in total. The van der Waals surface area contributed by atoms with E-state index in [1.165, 1.54) is 44.9 Å². The smallest absolute Gasteiger partial charge is 0.224 e. The van der Waals surface area contributed by atoms with Crippen molar-refractivity contribution < 1.29 is 9.53 Å². The highest BCUT2D eigenvalue weighted by molar-refractivity contribution is 5.90. The van der Waals surface area contributed by atoms with Crippen LogP contribution in [0, 0.1) is 0 Å². The molecule has 0 unspecified atom stereocenters. The van der Waals surface area contributed by atoms with Crippen LogP contribution in [0.3, 0.4) is 0 Å². The molecule has 1 aromatic rings. The Morgan fingerprint density at radius 1 is 0.909 bits per heavy atom. The lowest BCUT2D eigenvalue weighted by atomic mass is 10.1. The highest BCUT2D eigenvalue weighted by Crippen LogP contribution is 2.16. The van der Waals surface area contributed by atoms with Crippen LogP contribution in [0.15, 0.2) is 24.3 Å². The van der Waals surface area contributed by atoms with E-state index in [0.717, 1.165) is 24.3 Å². The molecule has 0 fully saturated rings. The van der Waals surface area contributed by atoms with Crippen molar-refractivity contribution in [3.63, 3.8) is 0 Å². The number of carbonyl (C=O) groups excluding carboxylic acids is 1. The van der Waals surface area contributed by atoms with Gasteiger partial charge in [-0.15, -0.1) is 0 Å². The third-order valence-corrected chi connectivity index (χ3v) is 3.88. The first kappa shape index (κ1) is 18.5. The van der Waals surface area contributed by atoms with E-state index >= 15 is 0 Å². The Balaban J connectivity index is 2.01. The van der Waals surface area contributed by atoms with Gasteiger partial charge >= 0.3 is 0 Å². The van der Waals surface area contributed by atoms with Crippen molar-refractivity contribution >= 4 is 11.6 Å². The van der Waals surface area contributed by atoms with Gasteiger partial charge in [0, 0.05) is 12.1 Å². The second-order valence-corrected chi connectivity index (χ2v) is 5.86. The lowest BCUT2D eigenvalue weighted by molar-refractivity contribution is -0.116. The van der Waals surface area contributed by atoms with E-state index < -0.39 is 0 Å². The largest absolute Gasteiger partial charge is 0.497 e. The van der Waals surface area contributed by atoms with Gasteiger partial charge in [0.15, 0.2) is 0 Å². The molecule has 0 aliphatic carbocycles. The first-order valence-electron chi connectivity index (χ1n) is 8.70. The molecule has 0 bridgehead atoms. The van der Waals surface area contributed by atoms with Crippen LogP contribution in [0.2, 0.25) is 0 Å². The second kappa shape index (κ2) is 12.1. The Morgan fingerprint density at radius 2 is 1.45 bits per heavy atom. The molecular weight excluding hydrogens is 274 g/mol. The molecule has 0 atom stereocenters. The van der Waals surface area contributed by atoms with Crippen LogP contribution in [-0.4, -0.2) is 13.0 Å². The number of benzene rings is 1. The number of amides is 1. The summed E-state index contributed by atoms with van der Waals surface area (Å²) in [6.07, 6.45) is 12.1. The van der Waals surface area contributed by atoms with Gasteiger partial charge in [0.25, 0.3) is 0 Å². The summed E-state index contributed by atoms with van der Waals surface area (Å²) in [5, 5.41) is 2.92. The lowest BCUT2D eigenvalue weighted by Gasteiger charge is -2.06. The topological polar surface area (TPSA) is 38.3 Å². The van der Waals surface area contributed by atoms with Gasteiger partial charge < -0.3 is 10.1 Å². The van der Waals surface area contributed by atoms with Crippen molar-refractivity contribution in [2.45, 2.75) is 71.1 Å². The predicted molar refractivity (Wildman–Crippen MR) is 93.5 cm³/mol. The minimum Gasteiger partial charge on any atom is -0.497 e. The second-order valence-electron chi connectivity index (χ2n) is 5.86. The summed E-state index contributed by atoms with van der Waals surface area (Å²) in [6, 6.07) is 7.45. The summed E-state index contributed by atoms with van der Waals surface area (Å²) >= 11 is 0. The van der Waals surface area contributed by atoms with Crippen LogP contribution in [0.5, 0.6) is 5.75 Å². The van der Waals surface area contributed by atoms with Crippen molar-refractivity contribution in [3.05, 3.63) is 24.3 Å². The predicted octanol–water partition coefficient (Wildman–Crippen LogP) is 5.55. The number of hydrogen-bond donors (Lipinski definition) is 1. The van der Waals surface area contributed by atoms with Crippen LogP contribution in [0.1, 0.15) is 71.1 Å². The third-order valence-electron chi connectivity index (χ3n) is 3.88. The summed E-state index contributed by atoms with van der Waals surface area (Å²) in [5.74, 6) is 0.907. The molecule has 1 aromatic carbocycles. The summed E-state index contributed by atoms with van der Waals surface area (Å²) < 4.78 is 5.09. The van der Waals surface area contributed by atoms with Crippen LogP contribution in [0.25, 0.3) is 0 Å². The minimum atomic E-state index is 0.105. The molecule has 1 amide bonds. The van der Waals surface area contributed by atoms with Gasteiger partial charge in [0.2, 0.25) is 5.91 Å². The van der Waals surface area contributed by atoms with Crippen LogP contribution in [0.4, 0.5) is 5.69 Å². The SMILES string of the molecule is CCCCCCCCCCCC(=O)Nc1ccc(OC)cc1. The summed E-state index contributed by atoms with van der Waals surface area (Å²) in [7, 11) is 1.64. The fraction of sp³-hybridized carbons (Fsp3) is 0.632. The molecule has 0 heterocycles. The number of nitrogens with one attached hydrogen (secondary N) is 1. The Morgan fingerprint density at radius 3 is 2.00 bits per heavy atom. The van der Waals surface area contributed by atoms with Gasteiger partial charge in [-0.05, 0) is 30.7 Å². The van der Waals surface area contributed by atoms with Gasteiger partial charge in [0.1, 0.15) is 5.75 Å². The molecule has 0 aliphatic rings. The van der Waals surface area contributed by atoms with E-state index in [2.05, 4.69) is 12.2 Å². The molecule has 0 aromatic heterocycles. The van der Waals surface area contributed by atoms with E-state index in [4.69, 9.17) is 4.74 Å². The number of hydrogen-bond acceptors (Lipinski definition) is 2. The van der Waals surface area contributed by atoms with Crippen LogP contribution >= 0.6 is 0 Å². The zero-order valence-electron chi connectivity index (χ0n) is 14.2. The van der Waals surface area contributed by atoms with E-state index in [1.54, 1.807) is 7.11 Å². The van der Waals surface area contributed by atoms with Crippen molar-refractivity contribution in [1.82, 2.24) is 0 Å². The highest BCUT2D eigenvalue weighted by atomic mass is 16.5.